The van der Waals surface area contributed by atoms with Crippen molar-refractivity contribution < 1.29 is 24.3 Å². The fourth-order valence-electron chi connectivity index (χ4n) is 3.25. The lowest BCUT2D eigenvalue weighted by atomic mass is 9.77. The Bertz CT molecular complexity index is 925. The monoisotopic (exact) mass is 356 g/mol. The summed E-state index contributed by atoms with van der Waals surface area (Å²) in [5.74, 6) is -2.08. The van der Waals surface area contributed by atoms with E-state index >= 15 is 0 Å². The molecule has 0 aromatic heterocycles. The van der Waals surface area contributed by atoms with Crippen LogP contribution in [0.15, 0.2) is 34.9 Å². The number of nitrogens with two attached hydrogens (primary N) is 1. The summed E-state index contributed by atoms with van der Waals surface area (Å²) >= 11 is 0. The maximum absolute atomic E-state index is 12.5. The summed E-state index contributed by atoms with van der Waals surface area (Å²) in [7, 11) is 1.21. The number of carbonyl (C=O) groups is 1. The molecule has 0 bridgehead atoms. The lowest BCUT2D eigenvalue weighted by Crippen LogP contribution is -2.27. The minimum Gasteiger partial charge on any atom is -0.865 e. The Hall–Kier alpha value is -3.54. The molecule has 9 nitrogen and oxygen atoms in total. The SMILES string of the molecule is COc1cc([C@H]2C(C#N)=C(N)OC3=C2C(=O)CCC3)cc([N+](=O)[O-])c1[O-]. The first-order valence-electron chi connectivity index (χ1n) is 7.76. The van der Waals surface area contributed by atoms with Crippen molar-refractivity contribution in [2.75, 3.05) is 7.11 Å². The lowest BCUT2D eigenvalue weighted by molar-refractivity contribution is -0.398. The second kappa shape index (κ2) is 6.40. The van der Waals surface area contributed by atoms with E-state index in [1.807, 2.05) is 6.07 Å². The summed E-state index contributed by atoms with van der Waals surface area (Å²) in [6, 6.07) is 4.26. The number of nitrogens with zero attached hydrogens (tertiary/aromatic N) is 2. The minimum absolute atomic E-state index is 0.0333. The predicted molar refractivity (Wildman–Crippen MR) is 85.6 cm³/mol. The number of nitriles is 1. The first-order chi connectivity index (χ1) is 12.4. The van der Waals surface area contributed by atoms with Gasteiger partial charge >= 0.3 is 0 Å². The van der Waals surface area contributed by atoms with Gasteiger partial charge < -0.3 is 20.3 Å². The molecule has 1 aromatic rings. The molecule has 0 amide bonds. The third kappa shape index (κ3) is 2.61. The molecule has 1 aromatic carbocycles. The fourth-order valence-corrected chi connectivity index (χ4v) is 3.25. The van der Waals surface area contributed by atoms with E-state index < -0.39 is 22.3 Å². The molecule has 3 rings (SSSR count). The lowest BCUT2D eigenvalue weighted by Gasteiger charge is -2.31. The number of hydrogen-bond acceptors (Lipinski definition) is 8. The number of hydrogen-bond donors (Lipinski definition) is 1. The highest BCUT2D eigenvalue weighted by molar-refractivity contribution is 5.99. The van der Waals surface area contributed by atoms with Gasteiger partial charge in [0.2, 0.25) is 5.88 Å². The van der Waals surface area contributed by atoms with E-state index in [1.54, 1.807) is 0 Å². The van der Waals surface area contributed by atoms with Crippen molar-refractivity contribution >= 4 is 11.5 Å². The van der Waals surface area contributed by atoms with E-state index in [-0.39, 0.29) is 40.5 Å². The topological polar surface area (TPSA) is 152 Å². The zero-order valence-electron chi connectivity index (χ0n) is 13.8. The van der Waals surface area contributed by atoms with Gasteiger partial charge in [0, 0.05) is 30.2 Å². The summed E-state index contributed by atoms with van der Waals surface area (Å²) in [5.41, 5.74) is 5.55. The van der Waals surface area contributed by atoms with Crippen LogP contribution >= 0.6 is 0 Å². The van der Waals surface area contributed by atoms with Gasteiger partial charge in [-0.15, -0.1) is 0 Å². The van der Waals surface area contributed by atoms with E-state index in [0.29, 0.717) is 18.6 Å². The highest BCUT2D eigenvalue weighted by Crippen LogP contribution is 2.46. The Morgan fingerprint density at radius 2 is 2.15 bits per heavy atom. The second-order valence-electron chi connectivity index (χ2n) is 5.87. The van der Waals surface area contributed by atoms with E-state index in [9.17, 15) is 25.3 Å². The molecule has 9 heteroatoms. The van der Waals surface area contributed by atoms with E-state index in [2.05, 4.69) is 0 Å². The number of allylic oxidation sites excluding steroid dienone is 3. The number of benzene rings is 1. The summed E-state index contributed by atoms with van der Waals surface area (Å²) in [5, 5.41) is 32.8. The first kappa shape index (κ1) is 17.3. The molecule has 0 radical (unpaired) electrons. The smallest absolute Gasteiger partial charge is 0.265 e. The molecule has 1 atom stereocenters. The summed E-state index contributed by atoms with van der Waals surface area (Å²) in [6.45, 7) is 0. The molecule has 134 valence electrons. The number of nitro benzene ring substituents is 1. The van der Waals surface area contributed by atoms with Gasteiger partial charge in [-0.2, -0.15) is 5.26 Å². The average Bonchev–Trinajstić information content (AvgIpc) is 2.60. The van der Waals surface area contributed by atoms with Crippen LogP contribution in [0.1, 0.15) is 30.7 Å². The maximum atomic E-state index is 12.5. The van der Waals surface area contributed by atoms with Gasteiger partial charge in [0.25, 0.3) is 5.69 Å². The van der Waals surface area contributed by atoms with Crippen molar-refractivity contribution in [1.82, 2.24) is 0 Å². The molecular weight excluding hydrogens is 342 g/mol. The van der Waals surface area contributed by atoms with Crippen LogP contribution < -0.4 is 15.6 Å². The van der Waals surface area contributed by atoms with E-state index in [4.69, 9.17) is 15.2 Å². The normalized spacial score (nSPS) is 19.5. The molecule has 1 aliphatic carbocycles. The molecule has 26 heavy (non-hydrogen) atoms. The Labute approximate surface area is 148 Å². The van der Waals surface area contributed by atoms with Crippen molar-refractivity contribution in [1.29, 1.82) is 5.26 Å². The van der Waals surface area contributed by atoms with Gasteiger partial charge in [-0.05, 0) is 18.1 Å². The third-order valence-corrected chi connectivity index (χ3v) is 4.41. The minimum atomic E-state index is -0.940. The van der Waals surface area contributed by atoms with Crippen LogP contribution in [0.25, 0.3) is 0 Å². The maximum Gasteiger partial charge on any atom is 0.265 e. The van der Waals surface area contributed by atoms with Crippen LogP contribution in [-0.2, 0) is 9.53 Å². The van der Waals surface area contributed by atoms with Crippen molar-refractivity contribution in [3.63, 3.8) is 0 Å². The zero-order chi connectivity index (χ0) is 19.0. The molecular formula is C17H14N3O6-. The molecule has 1 aliphatic heterocycles. The highest BCUT2D eigenvalue weighted by atomic mass is 16.6. The molecule has 2 N–H and O–H groups in total. The van der Waals surface area contributed by atoms with Crippen molar-refractivity contribution in [3.8, 4) is 17.6 Å². The van der Waals surface area contributed by atoms with E-state index in [0.717, 1.165) is 6.07 Å². The van der Waals surface area contributed by atoms with Gasteiger partial charge in [0.05, 0.1) is 18.0 Å². The predicted octanol–water partition coefficient (Wildman–Crippen LogP) is 1.49. The molecule has 0 saturated heterocycles. The Morgan fingerprint density at radius 1 is 1.42 bits per heavy atom. The Morgan fingerprint density at radius 3 is 2.77 bits per heavy atom. The molecule has 0 spiro atoms. The number of methoxy groups -OCH3 is 1. The van der Waals surface area contributed by atoms with Crippen LogP contribution in [-0.4, -0.2) is 17.8 Å². The summed E-state index contributed by atoms with van der Waals surface area (Å²) in [4.78, 5) is 22.9. The fraction of sp³-hybridized carbons (Fsp3) is 0.294. The van der Waals surface area contributed by atoms with Crippen molar-refractivity contribution in [2.45, 2.75) is 25.2 Å². The standard InChI is InChI=1S/C17H15N3O6/c1-25-13-6-8(5-10(16(13)22)20(23)24)14-9(7-18)17(19)26-12-4-2-3-11(21)15(12)14/h5-6,14,22H,2-4,19H2,1H3/p-1/t14-/m0/s1. The number of Topliss-reactive ketones (excluding diaryl/α,β-unsaturated/α-hetero) is 1. The highest BCUT2D eigenvalue weighted by Gasteiger charge is 2.38. The van der Waals surface area contributed by atoms with Gasteiger partial charge in [-0.1, -0.05) is 0 Å². The van der Waals surface area contributed by atoms with E-state index in [1.165, 1.54) is 13.2 Å². The van der Waals surface area contributed by atoms with Gasteiger partial charge in [-0.25, -0.2) is 0 Å². The average molecular weight is 356 g/mol. The van der Waals surface area contributed by atoms with Crippen molar-refractivity contribution in [2.24, 2.45) is 5.73 Å². The van der Waals surface area contributed by atoms with Crippen molar-refractivity contribution in [3.05, 3.63) is 50.6 Å². The van der Waals surface area contributed by atoms with Crippen LogP contribution in [0.3, 0.4) is 0 Å². The largest absolute Gasteiger partial charge is 0.865 e. The second-order valence-corrected chi connectivity index (χ2v) is 5.87. The molecule has 1 heterocycles. The zero-order valence-corrected chi connectivity index (χ0v) is 13.8. The molecule has 0 saturated carbocycles. The third-order valence-electron chi connectivity index (χ3n) is 4.41. The molecule has 2 aliphatic rings. The summed E-state index contributed by atoms with van der Waals surface area (Å²) in [6.07, 6.45) is 1.33. The number of nitro groups is 1. The number of ether oxygens (including phenoxy) is 2. The van der Waals surface area contributed by atoms with Crippen LogP contribution in [0, 0.1) is 21.4 Å². The first-order valence-corrected chi connectivity index (χ1v) is 7.76. The molecule has 0 fully saturated rings. The number of ketones is 1. The molecule has 0 unspecified atom stereocenters. The number of rotatable bonds is 3. The van der Waals surface area contributed by atoms with Crippen LogP contribution in [0.4, 0.5) is 5.69 Å². The van der Waals surface area contributed by atoms with Gasteiger partial charge in [0.1, 0.15) is 23.2 Å². The Balaban J connectivity index is 2.28. The number of carbonyl (C=O) groups excluding carboxylic acids is 1. The van der Waals surface area contributed by atoms with Gasteiger partial charge in [-0.3, -0.25) is 14.9 Å². The van der Waals surface area contributed by atoms with Crippen LogP contribution in [0.5, 0.6) is 11.5 Å². The Kier molecular flexibility index (Phi) is 4.26. The quantitative estimate of drug-likeness (QED) is 0.631. The summed E-state index contributed by atoms with van der Waals surface area (Å²) < 4.78 is 10.4. The van der Waals surface area contributed by atoms with Crippen LogP contribution in [0.2, 0.25) is 0 Å². The van der Waals surface area contributed by atoms with Gasteiger partial charge in [0.15, 0.2) is 5.78 Å².